The predicted octanol–water partition coefficient (Wildman–Crippen LogP) is 1.70. The summed E-state index contributed by atoms with van der Waals surface area (Å²) >= 11 is 0. The lowest BCUT2D eigenvalue weighted by molar-refractivity contribution is -0.386. The van der Waals surface area contributed by atoms with Crippen LogP contribution in [-0.4, -0.2) is 41.7 Å². The molecule has 0 aliphatic carbocycles. The number of ether oxygens (including phenoxy) is 1. The summed E-state index contributed by atoms with van der Waals surface area (Å²) in [6, 6.07) is 4.94. The van der Waals surface area contributed by atoms with Gasteiger partial charge >= 0.3 is 5.69 Å². The molecule has 7 nitrogen and oxygen atoms in total. The van der Waals surface area contributed by atoms with Gasteiger partial charge in [0.05, 0.1) is 18.1 Å². The normalized spacial score (nSPS) is 13.6. The molecule has 1 atom stereocenters. The van der Waals surface area contributed by atoms with Gasteiger partial charge in [-0.3, -0.25) is 15.0 Å². The Kier molecular flexibility index (Phi) is 4.53. The molecule has 0 amide bonds. The molecule has 1 unspecified atom stereocenters. The number of methoxy groups -OCH3 is 1. The smallest absolute Gasteiger partial charge is 0.314 e. The van der Waals surface area contributed by atoms with Crippen LogP contribution in [0.1, 0.15) is 12.5 Å². The molecule has 0 bridgehead atoms. The number of nitriles is 1. The number of likely N-dealkylation sites (N-methyl/N-ethyl adjacent to an activating group) is 1. The summed E-state index contributed by atoms with van der Waals surface area (Å²) in [5, 5.41) is 29.9. The zero-order valence-electron chi connectivity index (χ0n) is 11.9. The van der Waals surface area contributed by atoms with Gasteiger partial charge in [0.1, 0.15) is 5.54 Å². The quantitative estimate of drug-likeness (QED) is 0.650. The molecule has 0 aliphatic rings. The van der Waals surface area contributed by atoms with Crippen molar-refractivity contribution in [1.82, 2.24) is 4.90 Å². The highest BCUT2D eigenvalue weighted by Crippen LogP contribution is 2.37. The van der Waals surface area contributed by atoms with Gasteiger partial charge in [-0.2, -0.15) is 5.26 Å². The van der Waals surface area contributed by atoms with Crippen LogP contribution < -0.4 is 4.74 Å². The molecule has 108 valence electrons. The molecule has 1 rings (SSSR count). The molecule has 0 aliphatic heterocycles. The highest BCUT2D eigenvalue weighted by molar-refractivity contribution is 5.57. The topological polar surface area (TPSA) is 99.6 Å². The molecule has 0 saturated carbocycles. The third kappa shape index (κ3) is 2.97. The molecule has 20 heavy (non-hydrogen) atoms. The molecule has 7 heteroatoms. The molecule has 0 fully saturated rings. The summed E-state index contributed by atoms with van der Waals surface area (Å²) in [4.78, 5) is 12.0. The maximum atomic E-state index is 10.9. The summed E-state index contributed by atoms with van der Waals surface area (Å²) in [6.07, 6.45) is 0.272. The zero-order valence-corrected chi connectivity index (χ0v) is 11.9. The number of benzene rings is 1. The highest BCUT2D eigenvalue weighted by atomic mass is 16.6. The molecule has 0 radical (unpaired) electrons. The van der Waals surface area contributed by atoms with E-state index in [1.54, 1.807) is 25.9 Å². The fourth-order valence-corrected chi connectivity index (χ4v) is 1.74. The third-order valence-electron chi connectivity index (χ3n) is 3.31. The van der Waals surface area contributed by atoms with Gasteiger partial charge in [0.25, 0.3) is 0 Å². The van der Waals surface area contributed by atoms with Gasteiger partial charge in [-0.15, -0.1) is 0 Å². The molecule has 0 heterocycles. The average Bonchev–Trinajstić information content (AvgIpc) is 2.39. The monoisotopic (exact) mass is 279 g/mol. The summed E-state index contributed by atoms with van der Waals surface area (Å²) in [5.41, 5.74) is -0.696. The van der Waals surface area contributed by atoms with Crippen molar-refractivity contribution < 1.29 is 14.8 Å². The Balaban J connectivity index is 3.30. The predicted molar refractivity (Wildman–Crippen MR) is 72.7 cm³/mol. The highest BCUT2D eigenvalue weighted by Gasteiger charge is 2.29. The van der Waals surface area contributed by atoms with E-state index >= 15 is 0 Å². The van der Waals surface area contributed by atoms with Crippen molar-refractivity contribution in [2.75, 3.05) is 21.2 Å². The van der Waals surface area contributed by atoms with Gasteiger partial charge in [-0.1, -0.05) is 0 Å². The van der Waals surface area contributed by atoms with Crippen LogP contribution in [0.3, 0.4) is 0 Å². The van der Waals surface area contributed by atoms with Gasteiger partial charge in [0.2, 0.25) is 5.75 Å². The second-order valence-corrected chi connectivity index (χ2v) is 4.88. The van der Waals surface area contributed by atoms with Gasteiger partial charge in [0, 0.05) is 12.5 Å². The van der Waals surface area contributed by atoms with Crippen molar-refractivity contribution >= 4 is 5.69 Å². The lowest BCUT2D eigenvalue weighted by Gasteiger charge is -2.29. The van der Waals surface area contributed by atoms with Crippen molar-refractivity contribution in [3.05, 3.63) is 27.8 Å². The Morgan fingerprint density at radius 3 is 2.55 bits per heavy atom. The summed E-state index contributed by atoms with van der Waals surface area (Å²) in [6.45, 7) is 1.73. The van der Waals surface area contributed by atoms with Crippen LogP contribution in [-0.2, 0) is 6.42 Å². The number of phenolic OH excluding ortho intramolecular Hbond substituents is 1. The first-order valence-electron chi connectivity index (χ1n) is 5.88. The summed E-state index contributed by atoms with van der Waals surface area (Å²) in [5.74, 6) is -0.488. The van der Waals surface area contributed by atoms with Crippen molar-refractivity contribution in [1.29, 1.82) is 5.26 Å². The number of phenols is 1. The molecule has 1 aromatic carbocycles. The molecular formula is C13H17N3O4. The zero-order chi connectivity index (χ0) is 15.5. The minimum atomic E-state index is -0.810. The minimum Gasteiger partial charge on any atom is -0.500 e. The van der Waals surface area contributed by atoms with Crippen LogP contribution in [0.2, 0.25) is 0 Å². The third-order valence-corrected chi connectivity index (χ3v) is 3.31. The Morgan fingerprint density at radius 2 is 2.15 bits per heavy atom. The lowest BCUT2D eigenvalue weighted by atomic mass is 9.92. The van der Waals surface area contributed by atoms with Gasteiger partial charge < -0.3 is 9.84 Å². The van der Waals surface area contributed by atoms with E-state index in [2.05, 4.69) is 6.07 Å². The number of nitro benzene ring substituents is 1. The molecule has 0 spiro atoms. The molecule has 0 saturated heterocycles. The number of nitro groups is 1. The first kappa shape index (κ1) is 15.7. The Labute approximate surface area is 117 Å². The van der Waals surface area contributed by atoms with Gasteiger partial charge in [-0.25, -0.2) is 0 Å². The number of hydrogen-bond acceptors (Lipinski definition) is 6. The van der Waals surface area contributed by atoms with Crippen molar-refractivity contribution in [2.45, 2.75) is 18.9 Å². The van der Waals surface area contributed by atoms with Crippen LogP contribution >= 0.6 is 0 Å². The fourth-order valence-electron chi connectivity index (χ4n) is 1.74. The lowest BCUT2D eigenvalue weighted by Crippen LogP contribution is -2.41. The average molecular weight is 279 g/mol. The first-order chi connectivity index (χ1) is 9.25. The molecule has 1 aromatic rings. The second kappa shape index (κ2) is 5.75. The summed E-state index contributed by atoms with van der Waals surface area (Å²) in [7, 11) is 4.84. The van der Waals surface area contributed by atoms with Crippen molar-refractivity contribution in [3.63, 3.8) is 0 Å². The first-order valence-corrected chi connectivity index (χ1v) is 5.88. The standard InChI is InChI=1S/C13H17N3O4/c1-13(8-14,15(2)3)7-9-5-10(16(18)19)12(17)11(6-9)20-4/h5-6,17H,7H2,1-4H3. The van der Waals surface area contributed by atoms with E-state index < -0.39 is 21.9 Å². The van der Waals surface area contributed by atoms with E-state index in [-0.39, 0.29) is 12.2 Å². The Hall–Kier alpha value is -2.33. The number of aromatic hydroxyl groups is 1. The SMILES string of the molecule is COc1cc(CC(C)(C#N)N(C)C)cc([N+](=O)[O-])c1O. The van der Waals surface area contributed by atoms with Crippen molar-refractivity contribution in [3.8, 4) is 17.6 Å². The molecule has 0 aromatic heterocycles. The second-order valence-electron chi connectivity index (χ2n) is 4.88. The number of hydrogen-bond donors (Lipinski definition) is 1. The Morgan fingerprint density at radius 1 is 1.55 bits per heavy atom. The van der Waals surface area contributed by atoms with Crippen LogP contribution in [0.5, 0.6) is 11.5 Å². The minimum absolute atomic E-state index is 0.0215. The van der Waals surface area contributed by atoms with Crippen LogP contribution in [0, 0.1) is 21.4 Å². The maximum absolute atomic E-state index is 10.9. The van der Waals surface area contributed by atoms with Crippen LogP contribution in [0.25, 0.3) is 0 Å². The van der Waals surface area contributed by atoms with Crippen LogP contribution in [0.15, 0.2) is 12.1 Å². The van der Waals surface area contributed by atoms with E-state index in [9.17, 15) is 20.5 Å². The number of rotatable bonds is 5. The van der Waals surface area contributed by atoms with E-state index in [0.29, 0.717) is 5.56 Å². The number of nitrogens with zero attached hydrogens (tertiary/aromatic N) is 3. The van der Waals surface area contributed by atoms with E-state index in [1.807, 2.05) is 0 Å². The van der Waals surface area contributed by atoms with Gasteiger partial charge in [0.15, 0.2) is 5.75 Å². The fraction of sp³-hybridized carbons (Fsp3) is 0.462. The largest absolute Gasteiger partial charge is 0.500 e. The molecule has 1 N–H and O–H groups in total. The van der Waals surface area contributed by atoms with Crippen molar-refractivity contribution in [2.24, 2.45) is 0 Å². The van der Waals surface area contributed by atoms with Crippen LogP contribution in [0.4, 0.5) is 5.69 Å². The Bertz CT molecular complexity index is 565. The molecular weight excluding hydrogens is 262 g/mol. The summed E-state index contributed by atoms with van der Waals surface area (Å²) < 4.78 is 4.93. The van der Waals surface area contributed by atoms with E-state index in [0.717, 1.165) is 0 Å². The maximum Gasteiger partial charge on any atom is 0.314 e. The van der Waals surface area contributed by atoms with E-state index in [1.165, 1.54) is 19.2 Å². The van der Waals surface area contributed by atoms with Gasteiger partial charge in [-0.05, 0) is 32.6 Å². The van der Waals surface area contributed by atoms with E-state index in [4.69, 9.17) is 4.74 Å².